The van der Waals surface area contributed by atoms with Crippen molar-refractivity contribution in [3.63, 3.8) is 0 Å². The number of carbonyl (C=O) groups is 4. The highest BCUT2D eigenvalue weighted by Crippen LogP contribution is 2.34. The number of hydrogen-bond donors (Lipinski definition) is 1. The lowest BCUT2D eigenvalue weighted by Crippen LogP contribution is -2.31. The molecular formula is C26H20ClNO5. The maximum absolute atomic E-state index is 12.9. The number of rotatable bonds is 5. The zero-order chi connectivity index (χ0) is 23.7. The minimum absolute atomic E-state index is 0.0348. The molecule has 1 atom stereocenters. The fourth-order valence-corrected chi connectivity index (χ4v) is 4.27. The minimum atomic E-state index is -0.861. The molecule has 1 amide bonds. The molecule has 33 heavy (non-hydrogen) atoms. The second-order valence-corrected chi connectivity index (χ2v) is 8.15. The number of hydrogen-bond acceptors (Lipinski definition) is 5. The number of ether oxygens (including phenoxy) is 1. The SMILES string of the molecule is Cc1ccccc1[C@@H](C)NC(=O)COC(=O)c1ccc2c(c1Cl)C(=O)c1ccccc1C2=O. The van der Waals surface area contributed by atoms with E-state index in [0.717, 1.165) is 11.1 Å². The van der Waals surface area contributed by atoms with Gasteiger partial charge in [-0.1, -0.05) is 60.1 Å². The summed E-state index contributed by atoms with van der Waals surface area (Å²) in [6.45, 7) is 3.27. The number of amides is 1. The van der Waals surface area contributed by atoms with Crippen LogP contribution < -0.4 is 5.32 Å². The summed E-state index contributed by atoms with van der Waals surface area (Å²) in [6.07, 6.45) is 0. The number of aryl methyl sites for hydroxylation is 1. The van der Waals surface area contributed by atoms with E-state index in [0.29, 0.717) is 5.56 Å². The van der Waals surface area contributed by atoms with Crippen LogP contribution in [0.1, 0.15) is 66.3 Å². The van der Waals surface area contributed by atoms with Crippen molar-refractivity contribution in [3.8, 4) is 0 Å². The Bertz CT molecular complexity index is 1310. The van der Waals surface area contributed by atoms with Crippen molar-refractivity contribution in [2.24, 2.45) is 0 Å². The molecule has 3 aromatic carbocycles. The summed E-state index contributed by atoms with van der Waals surface area (Å²) >= 11 is 6.37. The van der Waals surface area contributed by atoms with Gasteiger partial charge in [-0.25, -0.2) is 4.79 Å². The van der Waals surface area contributed by atoms with Gasteiger partial charge in [-0.3, -0.25) is 14.4 Å². The Morgan fingerprint density at radius 3 is 2.24 bits per heavy atom. The Hall–Kier alpha value is -3.77. The molecule has 4 rings (SSSR count). The number of ketones is 2. The van der Waals surface area contributed by atoms with E-state index in [4.69, 9.17) is 16.3 Å². The molecule has 3 aromatic rings. The quantitative estimate of drug-likeness (QED) is 0.443. The number of nitrogens with one attached hydrogen (secondary N) is 1. The number of benzene rings is 3. The second-order valence-electron chi connectivity index (χ2n) is 7.78. The van der Waals surface area contributed by atoms with Crippen molar-refractivity contribution < 1.29 is 23.9 Å². The molecule has 0 saturated carbocycles. The van der Waals surface area contributed by atoms with Gasteiger partial charge in [0, 0.05) is 16.7 Å². The van der Waals surface area contributed by atoms with Gasteiger partial charge in [0.2, 0.25) is 0 Å². The van der Waals surface area contributed by atoms with Crippen LogP contribution in [0.5, 0.6) is 0 Å². The number of esters is 1. The summed E-state index contributed by atoms with van der Waals surface area (Å²) in [4.78, 5) is 50.6. The third kappa shape index (κ3) is 4.17. The van der Waals surface area contributed by atoms with E-state index in [1.807, 2.05) is 38.1 Å². The minimum Gasteiger partial charge on any atom is -0.452 e. The monoisotopic (exact) mass is 461 g/mol. The van der Waals surface area contributed by atoms with E-state index in [2.05, 4.69) is 5.32 Å². The molecular weight excluding hydrogens is 442 g/mol. The molecule has 0 radical (unpaired) electrons. The molecule has 0 saturated heterocycles. The summed E-state index contributed by atoms with van der Waals surface area (Å²) in [6, 6.07) is 16.5. The normalized spacial score (nSPS) is 13.1. The van der Waals surface area contributed by atoms with E-state index in [1.165, 1.54) is 12.1 Å². The van der Waals surface area contributed by atoms with Crippen LogP contribution in [0.15, 0.2) is 60.7 Å². The number of carbonyl (C=O) groups excluding carboxylic acids is 4. The molecule has 1 N–H and O–H groups in total. The Morgan fingerprint density at radius 2 is 1.55 bits per heavy atom. The first kappa shape index (κ1) is 22.4. The van der Waals surface area contributed by atoms with E-state index in [1.54, 1.807) is 24.3 Å². The summed E-state index contributed by atoms with van der Waals surface area (Å²) < 4.78 is 5.13. The third-order valence-electron chi connectivity index (χ3n) is 5.62. The molecule has 0 aromatic heterocycles. The summed E-state index contributed by atoms with van der Waals surface area (Å²) in [7, 11) is 0. The van der Waals surface area contributed by atoms with Crippen LogP contribution in [-0.4, -0.2) is 30.0 Å². The van der Waals surface area contributed by atoms with E-state index in [-0.39, 0.29) is 39.1 Å². The van der Waals surface area contributed by atoms with Crippen molar-refractivity contribution in [1.82, 2.24) is 5.32 Å². The lowest BCUT2D eigenvalue weighted by atomic mass is 9.83. The highest BCUT2D eigenvalue weighted by Gasteiger charge is 2.33. The lowest BCUT2D eigenvalue weighted by molar-refractivity contribution is -0.124. The van der Waals surface area contributed by atoms with Gasteiger partial charge >= 0.3 is 5.97 Å². The van der Waals surface area contributed by atoms with E-state index < -0.39 is 24.3 Å². The van der Waals surface area contributed by atoms with Crippen LogP contribution in [0.2, 0.25) is 5.02 Å². The molecule has 0 aliphatic heterocycles. The molecule has 166 valence electrons. The van der Waals surface area contributed by atoms with Gasteiger partial charge in [0.25, 0.3) is 5.91 Å². The van der Waals surface area contributed by atoms with Gasteiger partial charge in [0.15, 0.2) is 18.2 Å². The molecule has 0 bridgehead atoms. The fraction of sp³-hybridized carbons (Fsp3) is 0.154. The zero-order valence-corrected chi connectivity index (χ0v) is 18.7. The maximum atomic E-state index is 12.9. The summed E-state index contributed by atoms with van der Waals surface area (Å²) in [5, 5.41) is 2.62. The van der Waals surface area contributed by atoms with Crippen LogP contribution in [0.25, 0.3) is 0 Å². The Morgan fingerprint density at radius 1 is 0.909 bits per heavy atom. The topological polar surface area (TPSA) is 89.5 Å². The van der Waals surface area contributed by atoms with Crippen molar-refractivity contribution in [2.75, 3.05) is 6.61 Å². The standard InChI is InChI=1S/C26H20ClNO5/c1-14-7-3-4-8-16(14)15(2)28-21(29)13-33-26(32)20-12-11-19-22(23(20)27)25(31)18-10-6-5-9-17(18)24(19)30/h3-12,15H,13H2,1-2H3,(H,28,29)/t15-/m1/s1. The average Bonchev–Trinajstić information content (AvgIpc) is 2.81. The van der Waals surface area contributed by atoms with Gasteiger partial charge in [0.05, 0.1) is 22.2 Å². The highest BCUT2D eigenvalue weighted by atomic mass is 35.5. The highest BCUT2D eigenvalue weighted by molar-refractivity contribution is 6.41. The van der Waals surface area contributed by atoms with Crippen LogP contribution in [0.4, 0.5) is 0 Å². The Balaban J connectivity index is 1.48. The molecule has 0 heterocycles. The smallest absolute Gasteiger partial charge is 0.340 e. The molecule has 1 aliphatic rings. The first-order valence-electron chi connectivity index (χ1n) is 10.3. The van der Waals surface area contributed by atoms with Crippen molar-refractivity contribution in [2.45, 2.75) is 19.9 Å². The van der Waals surface area contributed by atoms with Gasteiger partial charge in [-0.15, -0.1) is 0 Å². The van der Waals surface area contributed by atoms with Crippen molar-refractivity contribution >= 4 is 35.0 Å². The molecule has 7 heteroatoms. The fourth-order valence-electron chi connectivity index (χ4n) is 3.95. The van der Waals surface area contributed by atoms with Crippen LogP contribution in [0.3, 0.4) is 0 Å². The zero-order valence-electron chi connectivity index (χ0n) is 18.0. The summed E-state index contributed by atoms with van der Waals surface area (Å²) in [5.74, 6) is -2.12. The van der Waals surface area contributed by atoms with E-state index >= 15 is 0 Å². The first-order chi connectivity index (χ1) is 15.8. The van der Waals surface area contributed by atoms with Crippen molar-refractivity contribution in [3.05, 3.63) is 105 Å². The molecule has 6 nitrogen and oxygen atoms in total. The molecule has 0 spiro atoms. The number of fused-ring (bicyclic) bond motifs is 2. The van der Waals surface area contributed by atoms with Crippen LogP contribution >= 0.6 is 11.6 Å². The predicted octanol–water partition coefficient (Wildman–Crippen LogP) is 4.46. The van der Waals surface area contributed by atoms with E-state index in [9.17, 15) is 19.2 Å². The van der Waals surface area contributed by atoms with Crippen LogP contribution in [0, 0.1) is 6.92 Å². The maximum Gasteiger partial charge on any atom is 0.340 e. The Labute approximate surface area is 195 Å². The third-order valence-corrected chi connectivity index (χ3v) is 6.01. The van der Waals surface area contributed by atoms with Gasteiger partial charge in [-0.05, 0) is 37.1 Å². The van der Waals surface area contributed by atoms with Gasteiger partial charge < -0.3 is 10.1 Å². The van der Waals surface area contributed by atoms with Crippen LogP contribution in [-0.2, 0) is 9.53 Å². The Kier molecular flexibility index (Phi) is 6.11. The number of halogens is 1. The van der Waals surface area contributed by atoms with Crippen molar-refractivity contribution in [1.29, 1.82) is 0 Å². The van der Waals surface area contributed by atoms with Gasteiger partial charge in [-0.2, -0.15) is 0 Å². The predicted molar refractivity (Wildman–Crippen MR) is 123 cm³/mol. The van der Waals surface area contributed by atoms with Gasteiger partial charge in [0.1, 0.15) is 0 Å². The lowest BCUT2D eigenvalue weighted by Gasteiger charge is -2.19. The molecule has 0 unspecified atom stereocenters. The molecule has 0 fully saturated rings. The second kappa shape index (κ2) is 9.00. The average molecular weight is 462 g/mol. The molecule has 1 aliphatic carbocycles. The largest absolute Gasteiger partial charge is 0.452 e. The summed E-state index contributed by atoms with van der Waals surface area (Å²) in [5.41, 5.74) is 2.52. The first-order valence-corrected chi connectivity index (χ1v) is 10.7.